The van der Waals surface area contributed by atoms with Gasteiger partial charge in [0, 0.05) is 35.5 Å². The third kappa shape index (κ3) is 4.51. The fourth-order valence-electron chi connectivity index (χ4n) is 5.79. The molecule has 0 amide bonds. The van der Waals surface area contributed by atoms with E-state index >= 15 is 0 Å². The Morgan fingerprint density at radius 1 is 1.10 bits per heavy atom. The van der Waals surface area contributed by atoms with E-state index in [0.29, 0.717) is 46.3 Å². The first-order chi connectivity index (χ1) is 19.1. The Morgan fingerprint density at radius 2 is 1.88 bits per heavy atom. The third-order valence-electron chi connectivity index (χ3n) is 7.57. The van der Waals surface area contributed by atoms with Crippen LogP contribution < -0.4 is 9.61 Å². The van der Waals surface area contributed by atoms with Crippen molar-refractivity contribution >= 4 is 43.3 Å². The van der Waals surface area contributed by atoms with Crippen LogP contribution in [-0.2, 0) is 15.2 Å². The highest BCUT2D eigenvalue weighted by Gasteiger charge is 2.25. The predicted molar refractivity (Wildman–Crippen MR) is 152 cm³/mol. The number of H-pyrrole nitrogens is 1. The fourth-order valence-corrected chi connectivity index (χ4v) is 6.12. The maximum Gasteiger partial charge on any atom is 0.488 e. The molecule has 1 saturated heterocycles. The molecular weight excluding hydrogens is 533 g/mol. The molecular formula is C30H26FN3O5S. The molecule has 204 valence electrons. The minimum Gasteiger partial charge on any atom is -0.381 e. The smallest absolute Gasteiger partial charge is 0.381 e. The van der Waals surface area contributed by atoms with Crippen LogP contribution in [-0.4, -0.2) is 31.2 Å². The van der Waals surface area contributed by atoms with Gasteiger partial charge < -0.3 is 18.5 Å². The second-order valence-electron chi connectivity index (χ2n) is 10.4. The second kappa shape index (κ2) is 9.77. The zero-order chi connectivity index (χ0) is 28.2. The Hall–Kier alpha value is -4.20. The molecule has 0 saturated carbocycles. The van der Waals surface area contributed by atoms with Gasteiger partial charge in [0.15, 0.2) is 5.43 Å². The van der Waals surface area contributed by atoms with Gasteiger partial charge in [-0.05, 0) is 71.8 Å². The normalized spacial score (nSPS) is 14.8. The highest BCUT2D eigenvalue weighted by molar-refractivity contribution is 7.81. The summed E-state index contributed by atoms with van der Waals surface area (Å²) in [5, 5.41) is 11.3. The summed E-state index contributed by atoms with van der Waals surface area (Å²) < 4.78 is 47.9. The number of nitrogens with zero attached hydrogens (tertiary/aromatic N) is 2. The van der Waals surface area contributed by atoms with Gasteiger partial charge in [0.2, 0.25) is 0 Å². The van der Waals surface area contributed by atoms with E-state index in [1.165, 1.54) is 12.1 Å². The summed E-state index contributed by atoms with van der Waals surface area (Å²) in [6.07, 6.45) is 1.51. The summed E-state index contributed by atoms with van der Waals surface area (Å²) in [5.41, 5.74) is 4.80. The zero-order valence-corrected chi connectivity index (χ0v) is 22.7. The molecule has 10 heteroatoms. The number of aromatic amines is 1. The molecule has 2 aromatic heterocycles. The lowest BCUT2D eigenvalue weighted by Gasteiger charge is -2.28. The second-order valence-corrected chi connectivity index (χ2v) is 11.3. The monoisotopic (exact) mass is 559 g/mol. The van der Waals surface area contributed by atoms with Gasteiger partial charge in [0.25, 0.3) is 0 Å². The molecule has 1 aliphatic heterocycles. The van der Waals surface area contributed by atoms with Crippen molar-refractivity contribution < 1.29 is 21.2 Å². The van der Waals surface area contributed by atoms with E-state index in [0.717, 1.165) is 34.9 Å². The van der Waals surface area contributed by atoms with Crippen LogP contribution >= 0.6 is 0 Å². The summed E-state index contributed by atoms with van der Waals surface area (Å²) >= 11 is 0. The molecule has 0 bridgehead atoms. The number of ether oxygens (including phenoxy) is 1. The summed E-state index contributed by atoms with van der Waals surface area (Å²) in [4.78, 5) is 17.6. The molecule has 1 fully saturated rings. The van der Waals surface area contributed by atoms with Gasteiger partial charge >= 0.3 is 10.5 Å². The molecule has 8 nitrogen and oxygen atoms in total. The van der Waals surface area contributed by atoms with Crippen LogP contribution in [0.25, 0.3) is 44.0 Å². The first-order valence-corrected chi connectivity index (χ1v) is 14.4. The lowest BCUT2D eigenvalue weighted by molar-refractivity contribution is 0.0715. The van der Waals surface area contributed by atoms with Gasteiger partial charge in [-0.25, -0.2) is 0 Å². The maximum atomic E-state index is 14.1. The Kier molecular flexibility index (Phi) is 6.36. The average molecular weight is 560 g/mol. The number of rotatable bonds is 5. The summed E-state index contributed by atoms with van der Waals surface area (Å²) in [5.74, 6) is -0.127. The lowest BCUT2D eigenvalue weighted by atomic mass is 9.90. The van der Waals surface area contributed by atoms with E-state index in [4.69, 9.17) is 4.74 Å². The largest absolute Gasteiger partial charge is 0.488 e. The predicted octanol–water partition coefficient (Wildman–Crippen LogP) is 6.24. The number of fused-ring (bicyclic) bond motifs is 4. The summed E-state index contributed by atoms with van der Waals surface area (Å²) in [6.45, 7) is 5.21. The van der Waals surface area contributed by atoms with Crippen molar-refractivity contribution in [1.82, 2.24) is 9.55 Å². The van der Waals surface area contributed by atoms with E-state index in [2.05, 4.69) is 19.8 Å². The molecule has 0 unspecified atom stereocenters. The van der Waals surface area contributed by atoms with Crippen LogP contribution in [0, 0.1) is 11.3 Å². The number of pyridine rings is 1. The van der Waals surface area contributed by atoms with Crippen LogP contribution in [0.1, 0.15) is 49.8 Å². The molecule has 3 heterocycles. The van der Waals surface area contributed by atoms with E-state index in [-0.39, 0.29) is 23.1 Å². The lowest BCUT2D eigenvalue weighted by Crippen LogP contribution is -2.22. The van der Waals surface area contributed by atoms with Crippen LogP contribution in [0.15, 0.2) is 59.4 Å². The van der Waals surface area contributed by atoms with Crippen LogP contribution in [0.2, 0.25) is 0 Å². The van der Waals surface area contributed by atoms with Crippen molar-refractivity contribution in [3.05, 3.63) is 75.9 Å². The Morgan fingerprint density at radius 3 is 2.58 bits per heavy atom. The van der Waals surface area contributed by atoms with Gasteiger partial charge in [-0.1, -0.05) is 35.9 Å². The minimum absolute atomic E-state index is 0.0154. The summed E-state index contributed by atoms with van der Waals surface area (Å²) in [6, 6.07) is 17.6. The van der Waals surface area contributed by atoms with Crippen LogP contribution in [0.5, 0.6) is 5.75 Å². The van der Waals surface area contributed by atoms with Crippen molar-refractivity contribution in [1.29, 1.82) is 5.26 Å². The molecule has 0 spiro atoms. The highest BCUT2D eigenvalue weighted by atomic mass is 32.3. The maximum absolute atomic E-state index is 14.1. The van der Waals surface area contributed by atoms with E-state index in [9.17, 15) is 22.4 Å². The molecule has 40 heavy (non-hydrogen) atoms. The molecule has 0 radical (unpaired) electrons. The first-order valence-electron chi connectivity index (χ1n) is 13.0. The van der Waals surface area contributed by atoms with Gasteiger partial charge in [-0.2, -0.15) is 13.7 Å². The van der Waals surface area contributed by atoms with Crippen molar-refractivity contribution in [2.75, 3.05) is 13.2 Å². The van der Waals surface area contributed by atoms with Crippen molar-refractivity contribution in [3.63, 3.8) is 0 Å². The molecule has 0 aliphatic carbocycles. The zero-order valence-electron chi connectivity index (χ0n) is 21.9. The SMILES string of the molecule is CC(C)c1cc2c(=O)c3c4ccc(C#N)cc4[nH]c3n(C3CCOCC3)c2cc1-c1cccc(OS(=O)(=O)F)c1. The number of nitrogens with one attached hydrogen (secondary N) is 1. The fraction of sp³-hybridized carbons (Fsp3) is 0.267. The Bertz CT molecular complexity index is 2020. The van der Waals surface area contributed by atoms with Crippen LogP contribution in [0.3, 0.4) is 0 Å². The first kappa shape index (κ1) is 26.0. The quantitative estimate of drug-likeness (QED) is 0.255. The van der Waals surface area contributed by atoms with Crippen LogP contribution in [0.4, 0.5) is 3.89 Å². The summed E-state index contributed by atoms with van der Waals surface area (Å²) in [7, 11) is -5.19. The van der Waals surface area contributed by atoms with E-state index in [1.54, 1.807) is 24.3 Å². The number of nitriles is 1. The van der Waals surface area contributed by atoms with Gasteiger partial charge in [-0.3, -0.25) is 4.79 Å². The van der Waals surface area contributed by atoms with Gasteiger partial charge in [-0.15, -0.1) is 0 Å². The standard InChI is InChI=1S/C30H26FN3O5S/c1-17(2)23-14-25-27(15-24(23)19-4-3-5-21(13-19)39-40(31,36)37)34(20-8-10-38-11-9-20)30-28(29(25)35)22-7-6-18(16-32)12-26(22)33-30/h3-7,12-15,17,20,33H,8-11H2,1-2H3. The number of hydrogen-bond donors (Lipinski definition) is 1. The van der Waals surface area contributed by atoms with Crippen molar-refractivity contribution in [2.45, 2.75) is 38.6 Å². The number of hydrogen-bond acceptors (Lipinski definition) is 6. The average Bonchev–Trinajstić information content (AvgIpc) is 3.31. The molecule has 1 N–H and O–H groups in total. The van der Waals surface area contributed by atoms with Gasteiger partial charge in [0.1, 0.15) is 11.4 Å². The van der Waals surface area contributed by atoms with Crippen molar-refractivity contribution in [2.24, 2.45) is 0 Å². The number of halogens is 1. The molecule has 0 atom stereocenters. The highest BCUT2D eigenvalue weighted by Crippen LogP contribution is 2.38. The minimum atomic E-state index is -5.19. The number of aromatic nitrogens is 2. The van der Waals surface area contributed by atoms with E-state index in [1.807, 2.05) is 32.0 Å². The Labute approximate surface area is 230 Å². The molecule has 5 aromatic rings. The van der Waals surface area contributed by atoms with Crippen molar-refractivity contribution in [3.8, 4) is 22.9 Å². The number of benzene rings is 3. The topological polar surface area (TPSA) is 114 Å². The third-order valence-corrected chi connectivity index (χ3v) is 7.96. The van der Waals surface area contributed by atoms with E-state index < -0.39 is 10.5 Å². The molecule has 1 aliphatic rings. The van der Waals surface area contributed by atoms with Gasteiger partial charge in [0.05, 0.1) is 22.5 Å². The Balaban J connectivity index is 1.71. The molecule has 6 rings (SSSR count). The molecule has 3 aromatic carbocycles.